The van der Waals surface area contributed by atoms with Gasteiger partial charge in [-0.2, -0.15) is 0 Å². The average Bonchev–Trinajstić information content (AvgIpc) is 2.37. The Morgan fingerprint density at radius 3 is 0.850 bits per heavy atom. The normalized spacial score (nSPS) is 36.6. The zero-order chi connectivity index (χ0) is 14.8. The van der Waals surface area contributed by atoms with Gasteiger partial charge in [-0.1, -0.05) is 0 Å². The lowest BCUT2D eigenvalue weighted by atomic mass is 10.1. The Morgan fingerprint density at radius 1 is 0.450 bits per heavy atom. The Labute approximate surface area is 125 Å². The lowest BCUT2D eigenvalue weighted by Gasteiger charge is -2.22. The van der Waals surface area contributed by atoms with Crippen molar-refractivity contribution in [1.82, 2.24) is 21.3 Å². The van der Waals surface area contributed by atoms with Crippen LogP contribution >= 0.6 is 0 Å². The van der Waals surface area contributed by atoms with E-state index < -0.39 is 0 Å². The van der Waals surface area contributed by atoms with Gasteiger partial charge in [-0.3, -0.25) is 0 Å². The average molecular weight is 284 g/mol. The van der Waals surface area contributed by atoms with Crippen LogP contribution in [0, 0.1) is 0 Å². The molecule has 1 heterocycles. The van der Waals surface area contributed by atoms with E-state index in [0.717, 1.165) is 26.2 Å². The second-order valence-electron chi connectivity index (χ2n) is 6.58. The van der Waals surface area contributed by atoms with Crippen LogP contribution in [0.25, 0.3) is 0 Å². The molecule has 0 aromatic heterocycles. The lowest BCUT2D eigenvalue weighted by molar-refractivity contribution is 0.400. The van der Waals surface area contributed by atoms with E-state index in [1.807, 2.05) is 0 Å². The number of nitrogens with one attached hydrogen (secondary N) is 4. The van der Waals surface area contributed by atoms with Crippen LogP contribution < -0.4 is 21.3 Å². The molecule has 4 unspecified atom stereocenters. The lowest BCUT2D eigenvalue weighted by Crippen LogP contribution is -2.39. The number of hydrogen-bond acceptors (Lipinski definition) is 4. The molecule has 0 spiro atoms. The van der Waals surface area contributed by atoms with Crippen molar-refractivity contribution in [3.63, 3.8) is 0 Å². The second-order valence-corrected chi connectivity index (χ2v) is 6.58. The minimum atomic E-state index is 0.605. The Hall–Kier alpha value is -0.160. The van der Waals surface area contributed by atoms with Gasteiger partial charge in [0.1, 0.15) is 0 Å². The van der Waals surface area contributed by atoms with Crippen molar-refractivity contribution < 1.29 is 0 Å². The highest BCUT2D eigenvalue weighted by atomic mass is 15.0. The highest BCUT2D eigenvalue weighted by molar-refractivity contribution is 4.72. The maximum atomic E-state index is 3.63. The van der Waals surface area contributed by atoms with E-state index >= 15 is 0 Å². The molecule has 4 nitrogen and oxygen atoms in total. The molecule has 1 saturated heterocycles. The van der Waals surface area contributed by atoms with Gasteiger partial charge < -0.3 is 21.3 Å². The summed E-state index contributed by atoms with van der Waals surface area (Å²) in [5.74, 6) is 0. The van der Waals surface area contributed by atoms with Crippen molar-refractivity contribution in [1.29, 1.82) is 0 Å². The van der Waals surface area contributed by atoms with Crippen LogP contribution in [-0.2, 0) is 0 Å². The quantitative estimate of drug-likeness (QED) is 0.544. The molecule has 0 saturated carbocycles. The predicted octanol–water partition coefficient (Wildman–Crippen LogP) is 1.47. The van der Waals surface area contributed by atoms with Gasteiger partial charge in [0.05, 0.1) is 0 Å². The van der Waals surface area contributed by atoms with Gasteiger partial charge in [-0.25, -0.2) is 0 Å². The molecule has 0 aromatic rings. The summed E-state index contributed by atoms with van der Waals surface area (Å²) in [7, 11) is 0. The summed E-state index contributed by atoms with van der Waals surface area (Å²) in [6.45, 7) is 13.6. The standard InChI is InChI=1S/C16H36N4/c1-13-5-9-18-15(3)7-11-20-16(4)8-12-19-14(2)6-10-17-13/h13-20H,5-12H2,1-4H3. The summed E-state index contributed by atoms with van der Waals surface area (Å²) in [6, 6.07) is 2.42. The monoisotopic (exact) mass is 284 g/mol. The molecule has 1 rings (SSSR count). The Bertz CT molecular complexity index is 171. The fourth-order valence-electron chi connectivity index (χ4n) is 2.59. The van der Waals surface area contributed by atoms with E-state index in [1.165, 1.54) is 25.7 Å². The van der Waals surface area contributed by atoms with Crippen molar-refractivity contribution in [2.45, 2.75) is 77.5 Å². The third-order valence-electron chi connectivity index (χ3n) is 4.28. The van der Waals surface area contributed by atoms with Crippen molar-refractivity contribution in [3.8, 4) is 0 Å². The third-order valence-corrected chi connectivity index (χ3v) is 4.28. The summed E-state index contributed by atoms with van der Waals surface area (Å²) >= 11 is 0. The molecule has 0 radical (unpaired) electrons. The first-order valence-corrected chi connectivity index (χ1v) is 8.51. The molecule has 0 aromatic carbocycles. The van der Waals surface area contributed by atoms with E-state index in [-0.39, 0.29) is 0 Å². The van der Waals surface area contributed by atoms with Crippen LogP contribution in [0.15, 0.2) is 0 Å². The smallest absolute Gasteiger partial charge is 0.00508 e. The number of hydrogen-bond donors (Lipinski definition) is 4. The summed E-state index contributed by atoms with van der Waals surface area (Å²) in [4.78, 5) is 0. The van der Waals surface area contributed by atoms with E-state index in [9.17, 15) is 0 Å². The van der Waals surface area contributed by atoms with Crippen LogP contribution in [0.2, 0.25) is 0 Å². The van der Waals surface area contributed by atoms with Crippen LogP contribution in [0.4, 0.5) is 0 Å². The van der Waals surface area contributed by atoms with E-state index in [4.69, 9.17) is 0 Å². The van der Waals surface area contributed by atoms with Crippen LogP contribution in [0.1, 0.15) is 53.4 Å². The van der Waals surface area contributed by atoms with Crippen molar-refractivity contribution in [2.75, 3.05) is 26.2 Å². The fourth-order valence-corrected chi connectivity index (χ4v) is 2.59. The maximum Gasteiger partial charge on any atom is 0.00508 e. The zero-order valence-electron chi connectivity index (χ0n) is 14.0. The highest BCUT2D eigenvalue weighted by Gasteiger charge is 2.08. The van der Waals surface area contributed by atoms with Crippen molar-refractivity contribution in [3.05, 3.63) is 0 Å². The Kier molecular flexibility index (Phi) is 9.44. The summed E-state index contributed by atoms with van der Waals surface area (Å²) in [5.41, 5.74) is 0. The van der Waals surface area contributed by atoms with Crippen molar-refractivity contribution in [2.24, 2.45) is 0 Å². The van der Waals surface area contributed by atoms with Gasteiger partial charge in [-0.05, 0) is 79.6 Å². The van der Waals surface area contributed by atoms with Crippen LogP contribution in [0.3, 0.4) is 0 Å². The Balaban J connectivity index is 2.34. The molecule has 4 heteroatoms. The summed E-state index contributed by atoms with van der Waals surface area (Å²) in [5, 5.41) is 14.5. The Morgan fingerprint density at radius 2 is 0.650 bits per heavy atom. The van der Waals surface area contributed by atoms with Gasteiger partial charge in [0.25, 0.3) is 0 Å². The molecule has 0 amide bonds. The van der Waals surface area contributed by atoms with Crippen LogP contribution in [-0.4, -0.2) is 50.3 Å². The molecule has 1 fully saturated rings. The molecule has 20 heavy (non-hydrogen) atoms. The SMILES string of the molecule is CC1CCNC(C)CCNC(C)CCNC(C)CCN1. The fraction of sp³-hybridized carbons (Fsp3) is 1.00. The minimum absolute atomic E-state index is 0.605. The first-order valence-electron chi connectivity index (χ1n) is 8.51. The molecular formula is C16H36N4. The van der Waals surface area contributed by atoms with E-state index in [1.54, 1.807) is 0 Å². The largest absolute Gasteiger partial charge is 0.314 e. The molecule has 1 aliphatic rings. The second kappa shape index (κ2) is 10.6. The maximum absolute atomic E-state index is 3.63. The summed E-state index contributed by atoms with van der Waals surface area (Å²) in [6.07, 6.45) is 4.82. The van der Waals surface area contributed by atoms with Gasteiger partial charge in [0.2, 0.25) is 0 Å². The molecule has 1 aliphatic heterocycles. The highest BCUT2D eigenvalue weighted by Crippen LogP contribution is 1.98. The van der Waals surface area contributed by atoms with Crippen LogP contribution in [0.5, 0.6) is 0 Å². The summed E-state index contributed by atoms with van der Waals surface area (Å²) < 4.78 is 0. The van der Waals surface area contributed by atoms with Gasteiger partial charge in [0.15, 0.2) is 0 Å². The van der Waals surface area contributed by atoms with Gasteiger partial charge in [-0.15, -0.1) is 0 Å². The molecular weight excluding hydrogens is 248 g/mol. The molecule has 0 bridgehead atoms. The molecule has 120 valence electrons. The zero-order valence-corrected chi connectivity index (χ0v) is 14.0. The van der Waals surface area contributed by atoms with Gasteiger partial charge in [0, 0.05) is 24.2 Å². The van der Waals surface area contributed by atoms with E-state index in [2.05, 4.69) is 49.0 Å². The third kappa shape index (κ3) is 8.90. The van der Waals surface area contributed by atoms with E-state index in [0.29, 0.717) is 24.2 Å². The molecule has 4 N–H and O–H groups in total. The molecule has 4 atom stereocenters. The number of rotatable bonds is 0. The van der Waals surface area contributed by atoms with Gasteiger partial charge >= 0.3 is 0 Å². The molecule has 0 aliphatic carbocycles. The first-order chi connectivity index (χ1) is 9.58. The minimum Gasteiger partial charge on any atom is -0.314 e. The topological polar surface area (TPSA) is 48.1 Å². The first kappa shape index (κ1) is 17.9. The van der Waals surface area contributed by atoms with Crippen molar-refractivity contribution >= 4 is 0 Å². The predicted molar refractivity (Wildman–Crippen MR) is 88.3 cm³/mol.